The van der Waals surface area contributed by atoms with Gasteiger partial charge < -0.3 is 9.42 Å². The molecule has 0 amide bonds. The summed E-state index contributed by atoms with van der Waals surface area (Å²) in [5.74, 6) is 1.69. The Morgan fingerprint density at radius 3 is 2.28 bits per heavy atom. The van der Waals surface area contributed by atoms with Gasteiger partial charge in [0.25, 0.3) is 0 Å². The SMILES string of the molecule is CCN1CCN(C2CCN(Cc3nc(C4(c5ccc(C)cc5)CCCC4)no3)CC2)CC1. The Morgan fingerprint density at radius 2 is 1.62 bits per heavy atom. The molecule has 0 unspecified atom stereocenters. The van der Waals surface area contributed by atoms with Crippen molar-refractivity contribution in [1.29, 1.82) is 0 Å². The summed E-state index contributed by atoms with van der Waals surface area (Å²) in [6, 6.07) is 9.70. The van der Waals surface area contributed by atoms with Crippen LogP contribution in [0.3, 0.4) is 0 Å². The number of benzene rings is 1. The van der Waals surface area contributed by atoms with E-state index in [2.05, 4.69) is 58.0 Å². The predicted octanol–water partition coefficient (Wildman–Crippen LogP) is 3.84. The number of nitrogens with zero attached hydrogens (tertiary/aromatic N) is 5. The van der Waals surface area contributed by atoms with Gasteiger partial charge in [0, 0.05) is 45.3 Å². The van der Waals surface area contributed by atoms with Gasteiger partial charge in [0.1, 0.15) is 0 Å². The van der Waals surface area contributed by atoms with Crippen LogP contribution in [0.15, 0.2) is 28.8 Å². The van der Waals surface area contributed by atoms with Gasteiger partial charge in [-0.25, -0.2) is 0 Å². The molecular formula is C26H39N5O. The number of aryl methyl sites for hydroxylation is 1. The molecule has 0 radical (unpaired) electrons. The number of hydrogen-bond acceptors (Lipinski definition) is 6. The van der Waals surface area contributed by atoms with Crippen LogP contribution in [0.2, 0.25) is 0 Å². The molecule has 0 bridgehead atoms. The van der Waals surface area contributed by atoms with Crippen LogP contribution >= 0.6 is 0 Å². The van der Waals surface area contributed by atoms with Gasteiger partial charge in [-0.05, 0) is 44.7 Å². The lowest BCUT2D eigenvalue weighted by Crippen LogP contribution is -2.53. The Bertz CT molecular complexity index is 857. The highest BCUT2D eigenvalue weighted by atomic mass is 16.5. The molecule has 1 aliphatic carbocycles. The molecule has 2 saturated heterocycles. The average Bonchev–Trinajstić information content (AvgIpc) is 3.51. The molecule has 0 spiro atoms. The van der Waals surface area contributed by atoms with Crippen molar-refractivity contribution in [2.24, 2.45) is 0 Å². The lowest BCUT2D eigenvalue weighted by Gasteiger charge is -2.42. The summed E-state index contributed by atoms with van der Waals surface area (Å²) < 4.78 is 5.80. The Balaban J connectivity index is 1.19. The van der Waals surface area contributed by atoms with Gasteiger partial charge in [0.15, 0.2) is 5.82 Å². The molecule has 3 fully saturated rings. The molecule has 1 aromatic heterocycles. The van der Waals surface area contributed by atoms with Crippen LogP contribution in [0, 0.1) is 6.92 Å². The maximum atomic E-state index is 5.80. The van der Waals surface area contributed by atoms with Crippen LogP contribution in [0.25, 0.3) is 0 Å². The zero-order valence-corrected chi connectivity index (χ0v) is 19.9. The smallest absolute Gasteiger partial charge is 0.240 e. The highest BCUT2D eigenvalue weighted by Crippen LogP contribution is 2.45. The topological polar surface area (TPSA) is 48.6 Å². The zero-order chi connectivity index (χ0) is 22.0. The standard InChI is InChI=1S/C26H39N5O/c1-3-29-16-18-31(19-17-29)23-10-14-30(15-11-23)20-24-27-25(28-32-24)26(12-4-5-13-26)22-8-6-21(2)7-9-22/h6-9,23H,3-5,10-20H2,1-2H3. The van der Waals surface area contributed by atoms with Gasteiger partial charge in [-0.15, -0.1) is 0 Å². The molecule has 6 heteroatoms. The van der Waals surface area contributed by atoms with Crippen molar-refractivity contribution in [3.63, 3.8) is 0 Å². The third-order valence-corrected chi connectivity index (χ3v) is 8.24. The summed E-state index contributed by atoms with van der Waals surface area (Å²) in [5.41, 5.74) is 2.58. The molecule has 5 rings (SSSR count). The second-order valence-electron chi connectivity index (χ2n) is 10.1. The molecule has 1 saturated carbocycles. The number of rotatable bonds is 6. The average molecular weight is 438 g/mol. The highest BCUT2D eigenvalue weighted by Gasteiger charge is 2.41. The van der Waals surface area contributed by atoms with E-state index < -0.39 is 0 Å². The Hall–Kier alpha value is -1.76. The minimum Gasteiger partial charge on any atom is -0.338 e. The number of piperazine rings is 1. The quantitative estimate of drug-likeness (QED) is 0.684. The molecule has 3 heterocycles. The summed E-state index contributed by atoms with van der Waals surface area (Å²) >= 11 is 0. The van der Waals surface area contributed by atoms with Crippen LogP contribution in [0.1, 0.15) is 68.3 Å². The molecule has 174 valence electrons. The van der Waals surface area contributed by atoms with Gasteiger partial charge in [0.05, 0.1) is 12.0 Å². The Kier molecular flexibility index (Phi) is 6.63. The van der Waals surface area contributed by atoms with Crippen molar-refractivity contribution in [3.8, 4) is 0 Å². The molecule has 3 aliphatic rings. The molecule has 0 atom stereocenters. The monoisotopic (exact) mass is 437 g/mol. The summed E-state index contributed by atoms with van der Waals surface area (Å²) in [4.78, 5) is 12.7. The van der Waals surface area contributed by atoms with E-state index >= 15 is 0 Å². The molecule has 6 nitrogen and oxygen atoms in total. The van der Waals surface area contributed by atoms with Crippen LogP contribution in [0.4, 0.5) is 0 Å². The van der Waals surface area contributed by atoms with Gasteiger partial charge in [-0.3, -0.25) is 9.80 Å². The molecule has 0 N–H and O–H groups in total. The van der Waals surface area contributed by atoms with Crippen molar-refractivity contribution < 1.29 is 4.52 Å². The fraction of sp³-hybridized carbons (Fsp3) is 0.692. The van der Waals surface area contributed by atoms with Crippen molar-refractivity contribution in [1.82, 2.24) is 24.8 Å². The second-order valence-corrected chi connectivity index (χ2v) is 10.1. The Morgan fingerprint density at radius 1 is 0.938 bits per heavy atom. The van der Waals surface area contributed by atoms with E-state index in [0.29, 0.717) is 0 Å². The summed E-state index contributed by atoms with van der Waals surface area (Å²) in [7, 11) is 0. The van der Waals surface area contributed by atoms with Crippen LogP contribution in [0.5, 0.6) is 0 Å². The van der Waals surface area contributed by atoms with E-state index in [4.69, 9.17) is 9.51 Å². The molecule has 32 heavy (non-hydrogen) atoms. The minimum absolute atomic E-state index is 0.0664. The van der Waals surface area contributed by atoms with Crippen molar-refractivity contribution in [2.75, 3.05) is 45.8 Å². The van der Waals surface area contributed by atoms with Crippen molar-refractivity contribution in [2.45, 2.75) is 70.4 Å². The Labute approximate surface area is 193 Å². The summed E-state index contributed by atoms with van der Waals surface area (Å²) in [6.45, 7) is 13.5. The van der Waals surface area contributed by atoms with Crippen molar-refractivity contribution >= 4 is 0 Å². The lowest BCUT2D eigenvalue weighted by molar-refractivity contribution is 0.0567. The number of aromatic nitrogens is 2. The van der Waals surface area contributed by atoms with E-state index in [0.717, 1.165) is 50.2 Å². The second kappa shape index (κ2) is 9.62. The molecular weight excluding hydrogens is 398 g/mol. The largest absolute Gasteiger partial charge is 0.338 e. The lowest BCUT2D eigenvalue weighted by atomic mass is 9.78. The first-order valence-corrected chi connectivity index (χ1v) is 12.8. The van der Waals surface area contributed by atoms with Crippen molar-refractivity contribution in [3.05, 3.63) is 47.1 Å². The third kappa shape index (κ3) is 4.50. The van der Waals surface area contributed by atoms with E-state index in [-0.39, 0.29) is 5.41 Å². The van der Waals surface area contributed by atoms with E-state index in [9.17, 15) is 0 Å². The maximum Gasteiger partial charge on any atom is 0.240 e. The normalized spacial score (nSPS) is 23.7. The molecule has 2 aliphatic heterocycles. The molecule has 1 aromatic carbocycles. The fourth-order valence-corrected chi connectivity index (χ4v) is 6.08. The number of hydrogen-bond donors (Lipinski definition) is 0. The van der Waals surface area contributed by atoms with Gasteiger partial charge in [0.2, 0.25) is 5.89 Å². The van der Waals surface area contributed by atoms with Crippen LogP contribution < -0.4 is 0 Å². The van der Waals surface area contributed by atoms with E-state index in [1.807, 2.05) is 0 Å². The zero-order valence-electron chi connectivity index (χ0n) is 19.9. The van der Waals surface area contributed by atoms with Gasteiger partial charge in [-0.2, -0.15) is 4.98 Å². The molecule has 2 aromatic rings. The van der Waals surface area contributed by atoms with Crippen LogP contribution in [-0.2, 0) is 12.0 Å². The van der Waals surface area contributed by atoms with Crippen LogP contribution in [-0.4, -0.2) is 76.7 Å². The summed E-state index contributed by atoms with van der Waals surface area (Å²) in [5, 5.41) is 4.51. The first-order valence-electron chi connectivity index (χ1n) is 12.8. The number of likely N-dealkylation sites (N-methyl/N-ethyl adjacent to an activating group) is 1. The van der Waals surface area contributed by atoms with Gasteiger partial charge >= 0.3 is 0 Å². The number of likely N-dealkylation sites (tertiary alicyclic amines) is 1. The highest BCUT2D eigenvalue weighted by molar-refractivity contribution is 5.35. The van der Waals surface area contributed by atoms with Gasteiger partial charge in [-0.1, -0.05) is 54.8 Å². The predicted molar refractivity (Wildman–Crippen MR) is 127 cm³/mol. The van der Waals surface area contributed by atoms with E-state index in [1.54, 1.807) is 0 Å². The first-order chi connectivity index (χ1) is 15.7. The number of piperidine rings is 1. The first kappa shape index (κ1) is 22.1. The third-order valence-electron chi connectivity index (χ3n) is 8.24. The van der Waals surface area contributed by atoms with E-state index in [1.165, 1.54) is 69.5 Å². The maximum absolute atomic E-state index is 5.80. The summed E-state index contributed by atoms with van der Waals surface area (Å²) in [6.07, 6.45) is 7.20. The minimum atomic E-state index is -0.0664. The fourth-order valence-electron chi connectivity index (χ4n) is 6.08.